The molecule has 1 rings (SSSR count). The van der Waals surface area contributed by atoms with E-state index in [1.807, 2.05) is 19.1 Å². The number of benzene rings is 1. The first-order chi connectivity index (χ1) is 8.10. The van der Waals surface area contributed by atoms with Gasteiger partial charge in [-0.1, -0.05) is 24.4 Å². The predicted octanol–water partition coefficient (Wildman–Crippen LogP) is 3.24. The Morgan fingerprint density at radius 3 is 2.76 bits per heavy atom. The van der Waals surface area contributed by atoms with Gasteiger partial charge < -0.3 is 5.73 Å². The second-order valence-corrected chi connectivity index (χ2v) is 3.87. The van der Waals surface area contributed by atoms with Crippen molar-refractivity contribution in [2.75, 3.05) is 5.73 Å². The monoisotopic (exact) mass is 222 g/mol. The second kappa shape index (κ2) is 6.01. The lowest BCUT2D eigenvalue weighted by molar-refractivity contribution is 1.18. The molecule has 0 fully saturated rings. The van der Waals surface area contributed by atoms with Crippen LogP contribution < -0.4 is 5.73 Å². The van der Waals surface area contributed by atoms with Crippen LogP contribution in [0.15, 0.2) is 36.3 Å². The average molecular weight is 222 g/mol. The molecule has 0 aliphatic carbocycles. The van der Waals surface area contributed by atoms with Crippen LogP contribution in [0.25, 0.3) is 5.47 Å². The summed E-state index contributed by atoms with van der Waals surface area (Å²) in [5.41, 5.74) is 10.4. The largest absolute Gasteiger partial charge is 0.399 e. The molecular weight excluding hydrogens is 205 g/mol. The van der Waals surface area contributed by atoms with E-state index in [1.165, 1.54) is 5.47 Å². The molecule has 0 bridgehead atoms. The van der Waals surface area contributed by atoms with Crippen molar-refractivity contribution in [3.63, 3.8) is 0 Å². The molecule has 0 unspecified atom stereocenters. The van der Waals surface area contributed by atoms with Crippen molar-refractivity contribution in [1.82, 2.24) is 0 Å². The molecule has 0 atom stereocenters. The normalized spacial score (nSPS) is 10.8. The van der Waals surface area contributed by atoms with Crippen LogP contribution >= 0.6 is 0 Å². The molecule has 17 heavy (non-hydrogen) atoms. The first-order valence-corrected chi connectivity index (χ1v) is 5.67. The molecule has 2 heteroatoms. The van der Waals surface area contributed by atoms with Crippen molar-refractivity contribution in [3.05, 3.63) is 47.5 Å². The standard InChI is InChI=1S/C15H17BN/c1-5-12-8-13(10-15(17)9-12)11(4)16-14(6-2)7-3/h1,6,8-10H,4,7,17H2,2-3H3/b14-6-. The van der Waals surface area contributed by atoms with Crippen LogP contribution in [-0.4, -0.2) is 7.28 Å². The van der Waals surface area contributed by atoms with Crippen LogP contribution in [0.2, 0.25) is 0 Å². The van der Waals surface area contributed by atoms with E-state index in [9.17, 15) is 0 Å². The van der Waals surface area contributed by atoms with Gasteiger partial charge in [0.15, 0.2) is 7.28 Å². The topological polar surface area (TPSA) is 26.0 Å². The highest BCUT2D eigenvalue weighted by atomic mass is 14.5. The Morgan fingerprint density at radius 1 is 1.53 bits per heavy atom. The lowest BCUT2D eigenvalue weighted by Gasteiger charge is -2.08. The third-order valence-electron chi connectivity index (χ3n) is 2.63. The fourth-order valence-electron chi connectivity index (χ4n) is 1.62. The van der Waals surface area contributed by atoms with Gasteiger partial charge in [-0.3, -0.25) is 0 Å². The van der Waals surface area contributed by atoms with Crippen molar-refractivity contribution < 1.29 is 0 Å². The molecule has 1 nitrogen and oxygen atoms in total. The van der Waals surface area contributed by atoms with Crippen LogP contribution in [0, 0.1) is 12.3 Å². The van der Waals surface area contributed by atoms with Gasteiger partial charge in [0.2, 0.25) is 0 Å². The quantitative estimate of drug-likeness (QED) is 0.472. The van der Waals surface area contributed by atoms with Crippen molar-refractivity contribution in [3.8, 4) is 12.3 Å². The van der Waals surface area contributed by atoms with E-state index in [4.69, 9.17) is 12.2 Å². The summed E-state index contributed by atoms with van der Waals surface area (Å²) in [6.45, 7) is 8.20. The van der Waals surface area contributed by atoms with Crippen LogP contribution in [0.4, 0.5) is 5.69 Å². The van der Waals surface area contributed by atoms with Crippen LogP contribution in [0.3, 0.4) is 0 Å². The van der Waals surface area contributed by atoms with Crippen molar-refractivity contribution in [2.24, 2.45) is 0 Å². The zero-order valence-electron chi connectivity index (χ0n) is 10.5. The maximum absolute atomic E-state index is 5.80. The molecular formula is C15H17BN. The molecule has 0 saturated heterocycles. The Balaban J connectivity index is 2.97. The van der Waals surface area contributed by atoms with Gasteiger partial charge in [-0.05, 0) is 37.1 Å². The van der Waals surface area contributed by atoms with Gasteiger partial charge in [-0.2, -0.15) is 0 Å². The summed E-state index contributed by atoms with van der Waals surface area (Å²) in [7, 11) is 2.06. The SMILES string of the molecule is C#Cc1cc(N)cc(C(=C)[B]/C(=C\C)CC)c1. The van der Waals surface area contributed by atoms with Gasteiger partial charge in [0.05, 0.1) is 0 Å². The van der Waals surface area contributed by atoms with E-state index in [0.29, 0.717) is 5.69 Å². The van der Waals surface area contributed by atoms with E-state index >= 15 is 0 Å². The number of nitrogen functional groups attached to an aromatic ring is 1. The number of terminal acetylenes is 1. The minimum absolute atomic E-state index is 0.670. The summed E-state index contributed by atoms with van der Waals surface area (Å²) in [5.74, 6) is 2.59. The summed E-state index contributed by atoms with van der Waals surface area (Å²) in [4.78, 5) is 0. The zero-order chi connectivity index (χ0) is 12.8. The number of hydrogen-bond donors (Lipinski definition) is 1. The lowest BCUT2D eigenvalue weighted by Crippen LogP contribution is -2.00. The molecule has 0 spiro atoms. The Hall–Kier alpha value is -1.88. The second-order valence-electron chi connectivity index (χ2n) is 3.87. The van der Waals surface area contributed by atoms with Crippen molar-refractivity contribution in [2.45, 2.75) is 20.3 Å². The molecule has 0 aliphatic heterocycles. The number of hydrogen-bond acceptors (Lipinski definition) is 1. The first kappa shape index (κ1) is 13.2. The van der Waals surface area contributed by atoms with E-state index in [-0.39, 0.29) is 0 Å². The highest BCUT2D eigenvalue weighted by molar-refractivity contribution is 6.67. The lowest BCUT2D eigenvalue weighted by atomic mass is 9.60. The molecule has 2 N–H and O–H groups in total. The van der Waals surface area contributed by atoms with E-state index in [1.54, 1.807) is 6.07 Å². The van der Waals surface area contributed by atoms with Gasteiger partial charge in [0.25, 0.3) is 0 Å². The van der Waals surface area contributed by atoms with Crippen LogP contribution in [-0.2, 0) is 0 Å². The van der Waals surface area contributed by atoms with Gasteiger partial charge in [-0.15, -0.1) is 18.5 Å². The van der Waals surface area contributed by atoms with Gasteiger partial charge in [0.1, 0.15) is 0 Å². The summed E-state index contributed by atoms with van der Waals surface area (Å²) >= 11 is 0. The number of nitrogens with two attached hydrogens (primary N) is 1. The zero-order valence-corrected chi connectivity index (χ0v) is 10.5. The van der Waals surface area contributed by atoms with Crippen LogP contribution in [0.1, 0.15) is 31.4 Å². The van der Waals surface area contributed by atoms with Crippen LogP contribution in [0.5, 0.6) is 0 Å². The summed E-state index contributed by atoms with van der Waals surface area (Å²) in [6, 6.07) is 5.61. The Kier molecular flexibility index (Phi) is 4.66. The molecule has 0 heterocycles. The summed E-state index contributed by atoms with van der Waals surface area (Å²) in [6.07, 6.45) is 8.45. The molecule has 85 valence electrons. The predicted molar refractivity (Wildman–Crippen MR) is 77.6 cm³/mol. The van der Waals surface area contributed by atoms with Crippen molar-refractivity contribution in [1.29, 1.82) is 0 Å². The first-order valence-electron chi connectivity index (χ1n) is 5.67. The Morgan fingerprint density at radius 2 is 2.24 bits per heavy atom. The summed E-state index contributed by atoms with van der Waals surface area (Å²) in [5, 5.41) is 0. The maximum atomic E-state index is 5.80. The Labute approximate surface area is 105 Å². The third kappa shape index (κ3) is 3.57. The minimum atomic E-state index is 0.670. The van der Waals surface area contributed by atoms with E-state index in [2.05, 4.69) is 32.8 Å². The van der Waals surface area contributed by atoms with E-state index < -0.39 is 0 Å². The molecule has 1 radical (unpaired) electrons. The average Bonchev–Trinajstić information content (AvgIpc) is 2.34. The fraction of sp³-hybridized carbons (Fsp3) is 0.200. The smallest absolute Gasteiger partial charge is 0.185 e. The third-order valence-corrected chi connectivity index (χ3v) is 2.63. The summed E-state index contributed by atoms with van der Waals surface area (Å²) < 4.78 is 0. The van der Waals surface area contributed by atoms with Gasteiger partial charge >= 0.3 is 0 Å². The molecule has 1 aromatic carbocycles. The Bertz CT molecular complexity index is 492. The fourth-order valence-corrected chi connectivity index (χ4v) is 1.62. The number of allylic oxidation sites excluding steroid dienone is 2. The van der Waals surface area contributed by atoms with Crippen molar-refractivity contribution >= 4 is 18.4 Å². The molecule has 1 aromatic rings. The highest BCUT2D eigenvalue weighted by Gasteiger charge is 2.05. The molecule has 0 aliphatic rings. The molecule has 0 amide bonds. The van der Waals surface area contributed by atoms with E-state index in [0.717, 1.165) is 23.0 Å². The van der Waals surface area contributed by atoms with Gasteiger partial charge in [0, 0.05) is 11.3 Å². The van der Waals surface area contributed by atoms with Gasteiger partial charge in [-0.25, -0.2) is 0 Å². The maximum Gasteiger partial charge on any atom is 0.185 e. The molecule has 0 aromatic heterocycles. The minimum Gasteiger partial charge on any atom is -0.399 e. The molecule has 0 saturated carbocycles. The number of anilines is 1. The highest BCUT2D eigenvalue weighted by Crippen LogP contribution is 2.19. The number of rotatable bonds is 4.